The Bertz CT molecular complexity index is 577. The highest BCUT2D eigenvalue weighted by Crippen LogP contribution is 2.15. The molecule has 1 aliphatic heterocycles. The SMILES string of the molecule is C[C@H](C(=O)Nc1ccc(S(N)(=O)=O)cc1)N1CCCC1. The van der Waals surface area contributed by atoms with Crippen molar-refractivity contribution in [2.75, 3.05) is 18.4 Å². The van der Waals surface area contributed by atoms with Crippen LogP contribution in [0.4, 0.5) is 5.69 Å². The van der Waals surface area contributed by atoms with Crippen LogP contribution in [0.25, 0.3) is 0 Å². The van der Waals surface area contributed by atoms with Crippen molar-refractivity contribution in [2.45, 2.75) is 30.7 Å². The summed E-state index contributed by atoms with van der Waals surface area (Å²) < 4.78 is 22.3. The number of nitrogens with one attached hydrogen (secondary N) is 1. The summed E-state index contributed by atoms with van der Waals surface area (Å²) >= 11 is 0. The van der Waals surface area contributed by atoms with Gasteiger partial charge in [0, 0.05) is 5.69 Å². The van der Waals surface area contributed by atoms with Crippen molar-refractivity contribution in [3.63, 3.8) is 0 Å². The van der Waals surface area contributed by atoms with Crippen molar-refractivity contribution < 1.29 is 13.2 Å². The van der Waals surface area contributed by atoms with Crippen molar-refractivity contribution in [1.29, 1.82) is 0 Å². The Hall–Kier alpha value is -1.44. The number of amides is 1. The van der Waals surface area contributed by atoms with Crippen LogP contribution in [0.1, 0.15) is 19.8 Å². The van der Waals surface area contributed by atoms with Crippen LogP contribution >= 0.6 is 0 Å². The smallest absolute Gasteiger partial charge is 0.241 e. The summed E-state index contributed by atoms with van der Waals surface area (Å²) in [5.41, 5.74) is 0.563. The largest absolute Gasteiger partial charge is 0.325 e. The molecule has 0 aliphatic carbocycles. The average molecular weight is 297 g/mol. The molecule has 1 atom stereocenters. The van der Waals surface area contributed by atoms with E-state index in [1.165, 1.54) is 24.3 Å². The zero-order valence-corrected chi connectivity index (χ0v) is 12.2. The number of carbonyl (C=O) groups is 1. The highest BCUT2D eigenvalue weighted by molar-refractivity contribution is 7.89. The Kier molecular flexibility index (Phi) is 4.42. The van der Waals surface area contributed by atoms with Gasteiger partial charge >= 0.3 is 0 Å². The Morgan fingerprint density at radius 2 is 1.80 bits per heavy atom. The van der Waals surface area contributed by atoms with Gasteiger partial charge in [0.1, 0.15) is 0 Å². The molecule has 0 aromatic heterocycles. The van der Waals surface area contributed by atoms with Crippen LogP contribution in [0.3, 0.4) is 0 Å². The van der Waals surface area contributed by atoms with Crippen molar-refractivity contribution >= 4 is 21.6 Å². The molecule has 0 unspecified atom stereocenters. The first kappa shape index (κ1) is 15.0. The number of primary sulfonamides is 1. The number of nitrogens with zero attached hydrogens (tertiary/aromatic N) is 1. The first-order valence-electron chi connectivity index (χ1n) is 6.56. The third-order valence-electron chi connectivity index (χ3n) is 3.52. The van der Waals surface area contributed by atoms with Crippen LogP contribution in [0.5, 0.6) is 0 Å². The van der Waals surface area contributed by atoms with E-state index in [2.05, 4.69) is 10.2 Å². The van der Waals surface area contributed by atoms with E-state index in [1.807, 2.05) is 6.92 Å². The van der Waals surface area contributed by atoms with Crippen LogP contribution in [0, 0.1) is 0 Å². The summed E-state index contributed by atoms with van der Waals surface area (Å²) in [6.07, 6.45) is 2.25. The third-order valence-corrected chi connectivity index (χ3v) is 4.45. The number of hydrogen-bond donors (Lipinski definition) is 2. The van der Waals surface area contributed by atoms with Crippen molar-refractivity contribution in [3.05, 3.63) is 24.3 Å². The number of likely N-dealkylation sites (tertiary alicyclic amines) is 1. The maximum atomic E-state index is 12.1. The lowest BCUT2D eigenvalue weighted by Crippen LogP contribution is -2.40. The molecule has 110 valence electrons. The molecule has 1 heterocycles. The van der Waals surface area contributed by atoms with Crippen molar-refractivity contribution in [1.82, 2.24) is 4.90 Å². The molecule has 7 heteroatoms. The summed E-state index contributed by atoms with van der Waals surface area (Å²) in [5, 5.41) is 7.80. The highest BCUT2D eigenvalue weighted by Gasteiger charge is 2.23. The van der Waals surface area contributed by atoms with E-state index in [0.29, 0.717) is 5.69 Å². The molecule has 0 spiro atoms. The second-order valence-corrected chi connectivity index (χ2v) is 6.54. The number of benzene rings is 1. The molecule has 1 aromatic carbocycles. The molecule has 0 bridgehead atoms. The predicted molar refractivity (Wildman–Crippen MR) is 76.7 cm³/mol. The van der Waals surface area contributed by atoms with Crippen LogP contribution in [0.2, 0.25) is 0 Å². The normalized spacial score (nSPS) is 17.9. The van der Waals surface area contributed by atoms with Gasteiger partial charge in [-0.15, -0.1) is 0 Å². The zero-order valence-electron chi connectivity index (χ0n) is 11.4. The maximum Gasteiger partial charge on any atom is 0.241 e. The topological polar surface area (TPSA) is 92.5 Å². The minimum absolute atomic E-state index is 0.0306. The zero-order chi connectivity index (χ0) is 14.8. The summed E-state index contributed by atoms with van der Waals surface area (Å²) in [4.78, 5) is 14.2. The molecule has 1 amide bonds. The van der Waals surface area contributed by atoms with E-state index in [4.69, 9.17) is 5.14 Å². The molecule has 0 radical (unpaired) electrons. The molecule has 0 saturated carbocycles. The standard InChI is InChI=1S/C13H19N3O3S/c1-10(16-8-2-3-9-16)13(17)15-11-4-6-12(7-5-11)20(14,18)19/h4-7,10H,2-3,8-9H2,1H3,(H,15,17)(H2,14,18,19)/t10-/m1/s1. The number of carbonyl (C=O) groups excluding carboxylic acids is 1. The fourth-order valence-electron chi connectivity index (χ4n) is 2.27. The van der Waals surface area contributed by atoms with E-state index < -0.39 is 10.0 Å². The summed E-state index contributed by atoms with van der Waals surface area (Å²) in [5.74, 6) is -0.0877. The summed E-state index contributed by atoms with van der Waals surface area (Å²) in [7, 11) is -3.70. The minimum atomic E-state index is -3.70. The number of rotatable bonds is 4. The maximum absolute atomic E-state index is 12.1. The van der Waals surface area contributed by atoms with Gasteiger partial charge < -0.3 is 5.32 Å². The monoisotopic (exact) mass is 297 g/mol. The fraction of sp³-hybridized carbons (Fsp3) is 0.462. The molecule has 1 fully saturated rings. The second kappa shape index (κ2) is 5.90. The Morgan fingerprint density at radius 1 is 1.25 bits per heavy atom. The van der Waals surface area contributed by atoms with Crippen LogP contribution in [-0.4, -0.2) is 38.4 Å². The van der Waals surface area contributed by atoms with E-state index in [1.54, 1.807) is 0 Å². The molecule has 6 nitrogen and oxygen atoms in total. The molecule has 1 aliphatic rings. The molecule has 20 heavy (non-hydrogen) atoms. The third kappa shape index (κ3) is 3.56. The van der Waals surface area contributed by atoms with E-state index in [-0.39, 0.29) is 16.8 Å². The summed E-state index contributed by atoms with van der Waals surface area (Å²) in [6.45, 7) is 3.76. The minimum Gasteiger partial charge on any atom is -0.325 e. The van der Waals surface area contributed by atoms with E-state index in [0.717, 1.165) is 25.9 Å². The molecular formula is C13H19N3O3S. The van der Waals surface area contributed by atoms with Gasteiger partial charge in [-0.1, -0.05) is 0 Å². The average Bonchev–Trinajstić information content (AvgIpc) is 2.91. The fourth-order valence-corrected chi connectivity index (χ4v) is 2.78. The second-order valence-electron chi connectivity index (χ2n) is 4.98. The van der Waals surface area contributed by atoms with Gasteiger partial charge in [0.15, 0.2) is 0 Å². The van der Waals surface area contributed by atoms with Crippen LogP contribution < -0.4 is 10.5 Å². The predicted octanol–water partition coefficient (Wildman–Crippen LogP) is 0.757. The first-order valence-corrected chi connectivity index (χ1v) is 8.10. The van der Waals surface area contributed by atoms with Gasteiger partial charge in [0.25, 0.3) is 0 Å². The molecule has 1 aromatic rings. The van der Waals surface area contributed by atoms with Crippen LogP contribution in [0.15, 0.2) is 29.2 Å². The number of sulfonamides is 1. The lowest BCUT2D eigenvalue weighted by molar-refractivity contribution is -0.120. The van der Waals surface area contributed by atoms with Gasteiger partial charge in [-0.05, 0) is 57.1 Å². The van der Waals surface area contributed by atoms with Gasteiger partial charge in [0.05, 0.1) is 10.9 Å². The molecule has 1 saturated heterocycles. The number of anilines is 1. The number of nitrogens with two attached hydrogens (primary N) is 1. The Labute approximate surface area is 119 Å². The molecular weight excluding hydrogens is 278 g/mol. The Morgan fingerprint density at radius 3 is 2.30 bits per heavy atom. The van der Waals surface area contributed by atoms with Crippen molar-refractivity contribution in [2.24, 2.45) is 5.14 Å². The van der Waals surface area contributed by atoms with E-state index >= 15 is 0 Å². The lowest BCUT2D eigenvalue weighted by atomic mass is 10.2. The molecule has 3 N–H and O–H groups in total. The van der Waals surface area contributed by atoms with Gasteiger partial charge in [-0.2, -0.15) is 0 Å². The quantitative estimate of drug-likeness (QED) is 0.858. The van der Waals surface area contributed by atoms with Crippen molar-refractivity contribution in [3.8, 4) is 0 Å². The van der Waals surface area contributed by atoms with Crippen LogP contribution in [-0.2, 0) is 14.8 Å². The Balaban J connectivity index is 2.00. The van der Waals surface area contributed by atoms with E-state index in [9.17, 15) is 13.2 Å². The highest BCUT2D eigenvalue weighted by atomic mass is 32.2. The van der Waals surface area contributed by atoms with Gasteiger partial charge in [0.2, 0.25) is 15.9 Å². The first-order chi connectivity index (χ1) is 9.38. The van der Waals surface area contributed by atoms with Gasteiger partial charge in [-0.3, -0.25) is 9.69 Å². The summed E-state index contributed by atoms with van der Waals surface area (Å²) in [6, 6.07) is 5.65. The lowest BCUT2D eigenvalue weighted by Gasteiger charge is -2.22. The van der Waals surface area contributed by atoms with Gasteiger partial charge in [-0.25, -0.2) is 13.6 Å². The molecule has 2 rings (SSSR count). The number of hydrogen-bond acceptors (Lipinski definition) is 4.